The summed E-state index contributed by atoms with van der Waals surface area (Å²) in [5.74, 6) is 0.594. The van der Waals surface area contributed by atoms with Crippen LogP contribution in [0.4, 0.5) is 17.1 Å². The molecule has 0 radical (unpaired) electrons. The van der Waals surface area contributed by atoms with Crippen molar-refractivity contribution in [2.75, 3.05) is 6.61 Å². The first-order valence-corrected chi connectivity index (χ1v) is 15.9. The Labute approximate surface area is 270 Å². The van der Waals surface area contributed by atoms with Gasteiger partial charge in [0.2, 0.25) is 0 Å². The highest BCUT2D eigenvalue weighted by Gasteiger charge is 2.14. The van der Waals surface area contributed by atoms with Gasteiger partial charge in [-0.25, -0.2) is 4.79 Å². The summed E-state index contributed by atoms with van der Waals surface area (Å²) in [7, 11) is 0. The molecule has 0 heterocycles. The van der Waals surface area contributed by atoms with Gasteiger partial charge in [-0.1, -0.05) is 69.5 Å². The number of azo groups is 1. The van der Waals surface area contributed by atoms with Crippen molar-refractivity contribution in [2.45, 2.75) is 65.2 Å². The Morgan fingerprint density at radius 3 is 2.09 bits per heavy atom. The van der Waals surface area contributed by atoms with Crippen molar-refractivity contribution in [1.82, 2.24) is 0 Å². The summed E-state index contributed by atoms with van der Waals surface area (Å²) < 4.78 is 11.4. The molecule has 4 aromatic carbocycles. The van der Waals surface area contributed by atoms with E-state index in [2.05, 4.69) is 22.1 Å². The average molecular weight is 626 g/mol. The minimum absolute atomic E-state index is 0.0801. The third-order valence-corrected chi connectivity index (χ3v) is 7.54. The summed E-state index contributed by atoms with van der Waals surface area (Å²) in [4.78, 5) is 17.5. The molecule has 4 aromatic rings. The van der Waals surface area contributed by atoms with Gasteiger partial charge in [0.1, 0.15) is 17.2 Å². The fourth-order valence-electron chi connectivity index (χ4n) is 4.64. The van der Waals surface area contributed by atoms with Crippen molar-refractivity contribution >= 4 is 40.8 Å². The van der Waals surface area contributed by atoms with E-state index >= 15 is 0 Å². The topological polar surface area (TPSA) is 92.8 Å². The van der Waals surface area contributed by atoms with Gasteiger partial charge in [0.25, 0.3) is 0 Å². The quantitative estimate of drug-likeness (QED) is 0.0440. The number of hydrogen-bond donors (Lipinski definition) is 1. The summed E-state index contributed by atoms with van der Waals surface area (Å²) >= 11 is 5.90. The second kappa shape index (κ2) is 17.7. The maximum atomic E-state index is 13.0. The molecule has 0 aliphatic carbocycles. The Morgan fingerprint density at radius 1 is 0.800 bits per heavy atom. The number of carbonyl (C=O) groups is 1. The lowest BCUT2D eigenvalue weighted by Crippen LogP contribution is -2.10. The van der Waals surface area contributed by atoms with E-state index in [1.54, 1.807) is 85.1 Å². The molecule has 0 unspecified atom stereocenters. The molecule has 7 nitrogen and oxygen atoms in total. The summed E-state index contributed by atoms with van der Waals surface area (Å²) in [5.41, 5.74) is 3.50. The number of benzene rings is 4. The van der Waals surface area contributed by atoms with Gasteiger partial charge >= 0.3 is 5.97 Å². The van der Waals surface area contributed by atoms with Crippen LogP contribution in [-0.2, 0) is 0 Å². The molecular formula is C37H40ClN3O4. The molecule has 45 heavy (non-hydrogen) atoms. The Balaban J connectivity index is 1.29. The van der Waals surface area contributed by atoms with Crippen molar-refractivity contribution in [3.63, 3.8) is 0 Å². The van der Waals surface area contributed by atoms with Crippen LogP contribution in [0.1, 0.15) is 79.8 Å². The van der Waals surface area contributed by atoms with Gasteiger partial charge < -0.3 is 14.6 Å². The van der Waals surface area contributed by atoms with Gasteiger partial charge in [0.05, 0.1) is 29.2 Å². The van der Waals surface area contributed by atoms with Crippen LogP contribution in [0.25, 0.3) is 0 Å². The van der Waals surface area contributed by atoms with Crippen LogP contribution in [0, 0.1) is 6.92 Å². The van der Waals surface area contributed by atoms with Gasteiger partial charge in [-0.05, 0) is 91.7 Å². The van der Waals surface area contributed by atoms with Crippen molar-refractivity contribution in [1.29, 1.82) is 0 Å². The molecule has 0 spiro atoms. The molecule has 0 atom stereocenters. The van der Waals surface area contributed by atoms with E-state index in [1.807, 2.05) is 13.0 Å². The van der Waals surface area contributed by atoms with E-state index in [1.165, 1.54) is 38.5 Å². The molecule has 0 aromatic heterocycles. The van der Waals surface area contributed by atoms with Crippen molar-refractivity contribution in [3.05, 3.63) is 107 Å². The van der Waals surface area contributed by atoms with Gasteiger partial charge in [0.15, 0.2) is 0 Å². The third kappa shape index (κ3) is 10.9. The predicted octanol–water partition coefficient (Wildman–Crippen LogP) is 11.3. The monoisotopic (exact) mass is 625 g/mol. The van der Waals surface area contributed by atoms with Crippen LogP contribution in [-0.4, -0.2) is 23.9 Å². The average Bonchev–Trinajstić information content (AvgIpc) is 3.04. The maximum absolute atomic E-state index is 13.0. The summed E-state index contributed by atoms with van der Waals surface area (Å²) in [5, 5.41) is 19.6. The Morgan fingerprint density at radius 2 is 1.42 bits per heavy atom. The normalized spacial score (nSPS) is 11.4. The molecule has 0 fully saturated rings. The zero-order chi connectivity index (χ0) is 31.9. The van der Waals surface area contributed by atoms with Crippen molar-refractivity contribution in [3.8, 4) is 17.2 Å². The molecule has 0 saturated heterocycles. The number of hydrogen-bond acceptors (Lipinski definition) is 7. The van der Waals surface area contributed by atoms with Crippen LogP contribution in [0.3, 0.4) is 0 Å². The highest BCUT2D eigenvalue weighted by Crippen LogP contribution is 2.27. The SMILES string of the molecule is CCCCCCCCCCOc1ccc(C=Nc2cccc(C(=O)Oc3ccc(N=Nc4ccc(Cl)cc4)cc3)c2C)c(O)c1. The third-order valence-electron chi connectivity index (χ3n) is 7.29. The van der Waals surface area contributed by atoms with Crippen LogP contribution >= 0.6 is 11.6 Å². The van der Waals surface area contributed by atoms with Crippen LogP contribution in [0.5, 0.6) is 17.2 Å². The molecule has 4 rings (SSSR count). The minimum atomic E-state index is -0.499. The van der Waals surface area contributed by atoms with Crippen LogP contribution in [0.2, 0.25) is 5.02 Å². The highest BCUT2D eigenvalue weighted by atomic mass is 35.5. The van der Waals surface area contributed by atoms with E-state index in [0.717, 1.165) is 12.8 Å². The first-order valence-electron chi connectivity index (χ1n) is 15.5. The highest BCUT2D eigenvalue weighted by molar-refractivity contribution is 6.30. The van der Waals surface area contributed by atoms with Crippen molar-refractivity contribution in [2.24, 2.45) is 15.2 Å². The second-order valence-corrected chi connectivity index (χ2v) is 11.2. The minimum Gasteiger partial charge on any atom is -0.507 e. The van der Waals surface area contributed by atoms with Gasteiger partial charge in [-0.3, -0.25) is 4.99 Å². The summed E-state index contributed by atoms with van der Waals surface area (Å²) in [6, 6.07) is 24.3. The molecule has 1 N–H and O–H groups in total. The molecular weight excluding hydrogens is 586 g/mol. The number of rotatable bonds is 16. The number of aliphatic imine (C=N–C) groups is 1. The molecule has 0 amide bonds. The van der Waals surface area contributed by atoms with Crippen LogP contribution < -0.4 is 9.47 Å². The standard InChI is InChI=1S/C37H40ClN3O4/c1-3-4-5-6-7-8-9-10-24-44-33-21-14-28(36(42)25-33)26-39-35-13-11-12-34(27(35)2)37(43)45-32-22-19-31(20-23-32)41-40-30-17-15-29(38)16-18-30/h11-23,25-26,42H,3-10,24H2,1-2H3. The number of phenols is 1. The van der Waals surface area contributed by atoms with Gasteiger partial charge in [-0.15, -0.1) is 0 Å². The lowest BCUT2D eigenvalue weighted by atomic mass is 10.1. The van der Waals surface area contributed by atoms with Gasteiger partial charge in [0, 0.05) is 22.9 Å². The lowest BCUT2D eigenvalue weighted by Gasteiger charge is -2.09. The largest absolute Gasteiger partial charge is 0.507 e. The van der Waals surface area contributed by atoms with E-state index < -0.39 is 5.97 Å². The van der Waals surface area contributed by atoms with E-state index in [-0.39, 0.29) is 5.75 Å². The van der Waals surface area contributed by atoms with Crippen molar-refractivity contribution < 1.29 is 19.4 Å². The number of esters is 1. The molecule has 0 saturated carbocycles. The first kappa shape index (κ1) is 33.4. The Hall–Kier alpha value is -4.49. The molecule has 8 heteroatoms. The maximum Gasteiger partial charge on any atom is 0.343 e. The number of nitrogens with zero attached hydrogens (tertiary/aromatic N) is 3. The molecule has 0 bridgehead atoms. The molecule has 234 valence electrons. The Kier molecular flexibility index (Phi) is 13.2. The fraction of sp³-hybridized carbons (Fsp3) is 0.297. The number of halogens is 1. The number of carbonyl (C=O) groups excluding carboxylic acids is 1. The Bertz CT molecular complexity index is 1580. The number of unbranched alkanes of at least 4 members (excludes halogenated alkanes) is 7. The van der Waals surface area contributed by atoms with Gasteiger partial charge in [-0.2, -0.15) is 10.2 Å². The van der Waals surface area contributed by atoms with Crippen LogP contribution in [0.15, 0.2) is 100 Å². The predicted molar refractivity (Wildman–Crippen MR) is 182 cm³/mol. The smallest absolute Gasteiger partial charge is 0.343 e. The zero-order valence-corrected chi connectivity index (χ0v) is 26.7. The molecule has 0 aliphatic heterocycles. The first-order chi connectivity index (χ1) is 21.9. The summed E-state index contributed by atoms with van der Waals surface area (Å²) in [6.07, 6.45) is 11.5. The van der Waals surface area contributed by atoms with E-state index in [4.69, 9.17) is 21.1 Å². The number of ether oxygens (including phenoxy) is 2. The number of phenolic OH excluding ortho intramolecular Hbond substituents is 1. The fourth-order valence-corrected chi connectivity index (χ4v) is 4.76. The summed E-state index contributed by atoms with van der Waals surface area (Å²) in [6.45, 7) is 4.67. The lowest BCUT2D eigenvalue weighted by molar-refractivity contribution is 0.0734. The second-order valence-electron chi connectivity index (χ2n) is 10.8. The number of aromatic hydroxyl groups is 1. The molecule has 0 aliphatic rings. The van der Waals surface area contributed by atoms with E-state index in [9.17, 15) is 9.90 Å². The van der Waals surface area contributed by atoms with E-state index in [0.29, 0.717) is 56.9 Å². The zero-order valence-electron chi connectivity index (χ0n) is 25.9.